The lowest BCUT2D eigenvalue weighted by atomic mass is 9.33. The molecule has 6 aromatic carbocycles. The van der Waals surface area contributed by atoms with E-state index >= 15 is 0 Å². The van der Waals surface area contributed by atoms with Crippen LogP contribution in [0.1, 0.15) is 22.3 Å². The van der Waals surface area contributed by atoms with Crippen molar-refractivity contribution in [3.63, 3.8) is 0 Å². The van der Waals surface area contributed by atoms with Gasteiger partial charge >= 0.3 is 0 Å². The van der Waals surface area contributed by atoms with Crippen LogP contribution in [0, 0.1) is 13.8 Å². The second-order valence-electron chi connectivity index (χ2n) is 10.5. The van der Waals surface area contributed by atoms with Crippen LogP contribution in [0.25, 0.3) is 38.4 Å². The standard InChI is InChI=1S/C37H29B/c1-25-20-22-27-12-4-3-5-16-31(27)35(25)38(36-26(2)21-23-28-13-6-9-17-32(28)36)37-33-18-10-7-14-29(33)24-30-15-8-11-19-34(30)37/h3-11,13-24H,12H2,1-2H3. The second-order valence-corrected chi connectivity index (χ2v) is 10.5. The number of aryl methyl sites for hydroxylation is 2. The fourth-order valence-corrected chi connectivity index (χ4v) is 6.55. The largest absolute Gasteiger partial charge is 0.245 e. The van der Waals surface area contributed by atoms with Gasteiger partial charge < -0.3 is 0 Å². The lowest BCUT2D eigenvalue weighted by Crippen LogP contribution is -2.55. The second kappa shape index (κ2) is 9.19. The summed E-state index contributed by atoms with van der Waals surface area (Å²) >= 11 is 0. The van der Waals surface area contributed by atoms with Gasteiger partial charge in [-0.3, -0.25) is 0 Å². The molecule has 0 N–H and O–H groups in total. The minimum Gasteiger partial charge on any atom is -0.0801 e. The van der Waals surface area contributed by atoms with Gasteiger partial charge in [0.05, 0.1) is 0 Å². The van der Waals surface area contributed by atoms with Crippen molar-refractivity contribution in [1.29, 1.82) is 0 Å². The van der Waals surface area contributed by atoms with Gasteiger partial charge in [-0.1, -0.05) is 149 Å². The van der Waals surface area contributed by atoms with Gasteiger partial charge in [0.1, 0.15) is 0 Å². The molecule has 0 heterocycles. The van der Waals surface area contributed by atoms with Crippen LogP contribution in [-0.4, -0.2) is 6.71 Å². The molecule has 1 aliphatic carbocycles. The fourth-order valence-electron chi connectivity index (χ4n) is 6.55. The van der Waals surface area contributed by atoms with E-state index in [9.17, 15) is 0 Å². The zero-order valence-corrected chi connectivity index (χ0v) is 21.9. The number of rotatable bonds is 3. The van der Waals surface area contributed by atoms with E-state index in [1.807, 2.05) is 0 Å². The molecule has 38 heavy (non-hydrogen) atoms. The highest BCUT2D eigenvalue weighted by Gasteiger charge is 2.32. The van der Waals surface area contributed by atoms with Crippen molar-refractivity contribution in [1.82, 2.24) is 0 Å². The van der Waals surface area contributed by atoms with Gasteiger partial charge in [0.25, 0.3) is 0 Å². The van der Waals surface area contributed by atoms with Crippen LogP contribution >= 0.6 is 0 Å². The summed E-state index contributed by atoms with van der Waals surface area (Å²) in [5.74, 6) is 0. The monoisotopic (exact) mass is 484 g/mol. The summed E-state index contributed by atoms with van der Waals surface area (Å²) in [5.41, 5.74) is 9.66. The fraction of sp³-hybridized carbons (Fsp3) is 0.0811. The number of hydrogen-bond acceptors (Lipinski definition) is 0. The summed E-state index contributed by atoms with van der Waals surface area (Å²) in [4.78, 5) is 0. The van der Waals surface area contributed by atoms with Crippen molar-refractivity contribution in [2.45, 2.75) is 20.3 Å². The molecule has 1 aliphatic rings. The van der Waals surface area contributed by atoms with Gasteiger partial charge in [-0.05, 0) is 69.8 Å². The summed E-state index contributed by atoms with van der Waals surface area (Å²) in [5, 5.41) is 7.87. The third-order valence-electron chi connectivity index (χ3n) is 8.31. The average molecular weight is 484 g/mol. The van der Waals surface area contributed by atoms with Gasteiger partial charge in [0, 0.05) is 0 Å². The average Bonchev–Trinajstić information content (AvgIpc) is 3.20. The van der Waals surface area contributed by atoms with Crippen LogP contribution < -0.4 is 16.4 Å². The van der Waals surface area contributed by atoms with Crippen molar-refractivity contribution in [3.05, 3.63) is 144 Å². The molecule has 0 aromatic heterocycles. The summed E-state index contributed by atoms with van der Waals surface area (Å²) in [7, 11) is 0. The molecule has 0 bridgehead atoms. The first-order valence-electron chi connectivity index (χ1n) is 13.5. The van der Waals surface area contributed by atoms with E-state index in [-0.39, 0.29) is 6.71 Å². The zero-order valence-electron chi connectivity index (χ0n) is 21.9. The first-order valence-corrected chi connectivity index (χ1v) is 13.5. The quantitative estimate of drug-likeness (QED) is 0.181. The minimum absolute atomic E-state index is 0.0785. The van der Waals surface area contributed by atoms with Gasteiger partial charge in [-0.15, -0.1) is 0 Å². The van der Waals surface area contributed by atoms with E-state index in [1.54, 1.807) is 0 Å². The Morgan fingerprint density at radius 3 is 1.82 bits per heavy atom. The molecular formula is C37H29B. The Hall–Kier alpha value is -4.36. The smallest absolute Gasteiger partial charge is 0.0801 e. The number of benzene rings is 6. The van der Waals surface area contributed by atoms with Crippen LogP contribution in [0.15, 0.2) is 121 Å². The lowest BCUT2D eigenvalue weighted by molar-refractivity contribution is 1.26. The highest BCUT2D eigenvalue weighted by atomic mass is 14.2. The van der Waals surface area contributed by atoms with Crippen LogP contribution in [0.3, 0.4) is 0 Å². The Morgan fingerprint density at radius 2 is 1.11 bits per heavy atom. The van der Waals surface area contributed by atoms with Crippen molar-refractivity contribution in [2.75, 3.05) is 0 Å². The number of hydrogen-bond donors (Lipinski definition) is 0. The molecule has 0 nitrogen and oxygen atoms in total. The SMILES string of the molecule is Cc1ccc2c(c1B(c1c(C)ccc3ccccc13)c1c3ccccc3cc3ccccc13)C=CC=CC2. The van der Waals surface area contributed by atoms with Crippen molar-refractivity contribution >= 4 is 61.5 Å². The lowest BCUT2D eigenvalue weighted by Gasteiger charge is -2.27. The molecule has 0 unspecified atom stereocenters. The zero-order chi connectivity index (χ0) is 25.6. The molecule has 0 spiro atoms. The van der Waals surface area contributed by atoms with Crippen LogP contribution in [0.4, 0.5) is 0 Å². The van der Waals surface area contributed by atoms with Gasteiger partial charge in [-0.2, -0.15) is 0 Å². The molecule has 7 rings (SSSR count). The molecule has 0 amide bonds. The third kappa shape index (κ3) is 3.62. The maximum Gasteiger partial charge on any atom is 0.245 e. The van der Waals surface area contributed by atoms with E-state index < -0.39 is 0 Å². The van der Waals surface area contributed by atoms with Crippen molar-refractivity contribution < 1.29 is 0 Å². The van der Waals surface area contributed by atoms with Crippen LogP contribution in [0.2, 0.25) is 0 Å². The molecule has 0 saturated carbocycles. The van der Waals surface area contributed by atoms with Crippen molar-refractivity contribution in [2.24, 2.45) is 0 Å². The van der Waals surface area contributed by atoms with E-state index in [2.05, 4.69) is 141 Å². The Labute approximate surface area is 225 Å². The van der Waals surface area contributed by atoms with Gasteiger partial charge in [0.15, 0.2) is 0 Å². The predicted octanol–water partition coefficient (Wildman–Crippen LogP) is 7.40. The maximum absolute atomic E-state index is 2.35. The van der Waals surface area contributed by atoms with E-state index in [1.165, 1.54) is 71.0 Å². The van der Waals surface area contributed by atoms with Crippen LogP contribution in [0.5, 0.6) is 0 Å². The first kappa shape index (κ1) is 22.8. The Bertz CT molecular complexity index is 1870. The van der Waals surface area contributed by atoms with Crippen molar-refractivity contribution in [3.8, 4) is 0 Å². The molecule has 0 saturated heterocycles. The molecule has 1 heteroatoms. The molecule has 0 fully saturated rings. The normalized spacial score (nSPS) is 12.7. The maximum atomic E-state index is 2.35. The van der Waals surface area contributed by atoms with Gasteiger partial charge in [0.2, 0.25) is 6.71 Å². The Balaban J connectivity index is 1.71. The van der Waals surface area contributed by atoms with Gasteiger partial charge in [-0.25, -0.2) is 0 Å². The van der Waals surface area contributed by atoms with E-state index in [0.29, 0.717) is 0 Å². The Morgan fingerprint density at radius 1 is 0.526 bits per heavy atom. The summed E-state index contributed by atoms with van der Waals surface area (Å²) in [6, 6.07) is 38.4. The third-order valence-corrected chi connectivity index (χ3v) is 8.31. The highest BCUT2D eigenvalue weighted by molar-refractivity contribution is 7.00. The molecule has 0 aliphatic heterocycles. The summed E-state index contributed by atoms with van der Waals surface area (Å²) in [6.07, 6.45) is 9.95. The molecule has 0 atom stereocenters. The summed E-state index contributed by atoms with van der Waals surface area (Å²) < 4.78 is 0. The topological polar surface area (TPSA) is 0 Å². The minimum atomic E-state index is 0.0785. The molecular weight excluding hydrogens is 455 g/mol. The molecule has 180 valence electrons. The number of fused-ring (bicyclic) bond motifs is 4. The molecule has 6 aromatic rings. The van der Waals surface area contributed by atoms with Crippen LogP contribution in [-0.2, 0) is 6.42 Å². The highest BCUT2D eigenvalue weighted by Crippen LogP contribution is 2.26. The van der Waals surface area contributed by atoms with E-state index in [4.69, 9.17) is 0 Å². The first-order chi connectivity index (χ1) is 18.7. The van der Waals surface area contributed by atoms with E-state index in [0.717, 1.165) is 6.42 Å². The predicted molar refractivity (Wildman–Crippen MR) is 168 cm³/mol. The number of allylic oxidation sites excluding steroid dienone is 3. The molecule has 0 radical (unpaired) electrons. The summed E-state index contributed by atoms with van der Waals surface area (Å²) in [6.45, 7) is 4.66. The Kier molecular flexibility index (Phi) is 5.52.